The van der Waals surface area contributed by atoms with Crippen LogP contribution < -0.4 is 15.0 Å². The van der Waals surface area contributed by atoms with Crippen molar-refractivity contribution in [3.63, 3.8) is 0 Å². The van der Waals surface area contributed by atoms with Gasteiger partial charge in [-0.05, 0) is 38.5 Å². The van der Waals surface area contributed by atoms with Crippen LogP contribution >= 0.6 is 11.8 Å². The summed E-state index contributed by atoms with van der Waals surface area (Å²) in [5, 5.41) is 3.09. The van der Waals surface area contributed by atoms with Crippen LogP contribution in [0.25, 0.3) is 0 Å². The molecule has 5 rings (SSSR count). The molecule has 0 bridgehead atoms. The van der Waals surface area contributed by atoms with Gasteiger partial charge < -0.3 is 15.0 Å². The maximum absolute atomic E-state index is 14.0. The normalized spacial score (nSPS) is 26.9. The number of anilines is 2. The van der Waals surface area contributed by atoms with Crippen LogP contribution in [0.15, 0.2) is 48.5 Å². The van der Waals surface area contributed by atoms with Crippen molar-refractivity contribution in [3.05, 3.63) is 54.1 Å². The van der Waals surface area contributed by atoms with Gasteiger partial charge in [-0.1, -0.05) is 30.3 Å². The molecule has 3 aliphatic heterocycles. The predicted molar refractivity (Wildman–Crippen MR) is 123 cm³/mol. The number of fused-ring (bicyclic) bond motifs is 4. The average molecular weight is 438 g/mol. The molecule has 0 aromatic heterocycles. The van der Waals surface area contributed by atoms with E-state index in [1.165, 1.54) is 0 Å². The van der Waals surface area contributed by atoms with Gasteiger partial charge in [-0.15, -0.1) is 11.8 Å². The van der Waals surface area contributed by atoms with E-state index in [0.717, 1.165) is 22.9 Å². The van der Waals surface area contributed by atoms with Gasteiger partial charge in [0, 0.05) is 35.5 Å². The number of para-hydroxylation sites is 3. The molecule has 2 amide bonds. The number of carbonyl (C=O) groups excluding carboxylic acids is 2. The Bertz CT molecular complexity index is 1030. The fraction of sp³-hybridized carbons (Fsp3) is 0.417. The van der Waals surface area contributed by atoms with Gasteiger partial charge in [0.15, 0.2) is 0 Å². The number of likely N-dealkylation sites (N-methyl/N-ethyl adjacent to an activating group) is 1. The number of amides is 2. The lowest BCUT2D eigenvalue weighted by atomic mass is 9.78. The van der Waals surface area contributed by atoms with Gasteiger partial charge in [-0.25, -0.2) is 0 Å². The maximum Gasteiger partial charge on any atom is 0.253 e. The molecule has 3 heterocycles. The van der Waals surface area contributed by atoms with Gasteiger partial charge in [-0.2, -0.15) is 0 Å². The average Bonchev–Trinajstić information content (AvgIpc) is 3.43. The molecule has 2 aromatic carbocycles. The fourth-order valence-corrected chi connectivity index (χ4v) is 6.77. The third-order valence-electron chi connectivity index (χ3n) is 6.70. The van der Waals surface area contributed by atoms with Crippen LogP contribution in [0.1, 0.15) is 25.8 Å². The Morgan fingerprint density at radius 1 is 1.19 bits per heavy atom. The van der Waals surface area contributed by atoms with E-state index >= 15 is 0 Å². The second-order valence-corrected chi connectivity index (χ2v) is 9.16. The molecule has 3 atom stereocenters. The molecule has 3 aliphatic rings. The molecule has 31 heavy (non-hydrogen) atoms. The highest BCUT2D eigenvalue weighted by Crippen LogP contribution is 2.57. The monoisotopic (exact) mass is 437 g/mol. The van der Waals surface area contributed by atoms with Crippen LogP contribution in [0.5, 0.6) is 5.75 Å². The second kappa shape index (κ2) is 7.88. The fourth-order valence-electron chi connectivity index (χ4n) is 5.47. The number of rotatable bonds is 5. The second-order valence-electron chi connectivity index (χ2n) is 8.16. The summed E-state index contributed by atoms with van der Waals surface area (Å²) in [6.45, 7) is 5.02. The summed E-state index contributed by atoms with van der Waals surface area (Å²) in [5.41, 5.74) is 1.60. The number of carbonyl (C=O) groups is 2. The van der Waals surface area contributed by atoms with Crippen LogP contribution in [0.3, 0.4) is 0 Å². The van der Waals surface area contributed by atoms with Gasteiger partial charge >= 0.3 is 0 Å². The minimum atomic E-state index is -0.939. The minimum absolute atomic E-state index is 0.0273. The van der Waals surface area contributed by atoms with Gasteiger partial charge in [0.25, 0.3) is 5.91 Å². The highest BCUT2D eigenvalue weighted by atomic mass is 32.2. The van der Waals surface area contributed by atoms with Crippen LogP contribution in [0, 0.1) is 5.92 Å². The van der Waals surface area contributed by atoms with E-state index in [1.807, 2.05) is 79.0 Å². The SMILES string of the molecule is CCOc1ccccc1NC(=O)[C@@H]1C[C@H]2CSCN2[C@@]12C(=O)N(CC)c1ccccc12. The van der Waals surface area contributed by atoms with Crippen molar-refractivity contribution in [3.8, 4) is 5.75 Å². The lowest BCUT2D eigenvalue weighted by Crippen LogP contribution is -2.55. The summed E-state index contributed by atoms with van der Waals surface area (Å²) < 4.78 is 5.70. The molecule has 6 nitrogen and oxygen atoms in total. The Balaban J connectivity index is 1.58. The predicted octanol–water partition coefficient (Wildman–Crippen LogP) is 3.68. The first-order chi connectivity index (χ1) is 15.1. The molecule has 2 fully saturated rings. The van der Waals surface area contributed by atoms with Gasteiger partial charge in [0.05, 0.1) is 18.2 Å². The van der Waals surface area contributed by atoms with Crippen molar-refractivity contribution in [2.24, 2.45) is 5.92 Å². The van der Waals surface area contributed by atoms with Crippen LogP contribution in [-0.2, 0) is 15.1 Å². The minimum Gasteiger partial charge on any atom is -0.492 e. The van der Waals surface area contributed by atoms with E-state index < -0.39 is 11.5 Å². The standard InChI is InChI=1S/C24H27N3O3S/c1-3-26-20-11-7-5-9-17(20)24(23(26)29)18(13-16-14-31-15-27(16)24)22(28)25-19-10-6-8-12-21(19)30-4-2/h5-12,16,18H,3-4,13-15H2,1-2H3,(H,25,28)/t16-,18-,24+/m0/s1. The zero-order valence-electron chi connectivity index (χ0n) is 17.8. The Hall–Kier alpha value is -2.51. The number of nitrogens with one attached hydrogen (secondary N) is 1. The van der Waals surface area contributed by atoms with E-state index in [-0.39, 0.29) is 17.9 Å². The summed E-state index contributed by atoms with van der Waals surface area (Å²) in [6, 6.07) is 15.7. The summed E-state index contributed by atoms with van der Waals surface area (Å²) in [6.07, 6.45) is 0.674. The molecule has 2 saturated heterocycles. The van der Waals surface area contributed by atoms with Crippen LogP contribution in [0.2, 0.25) is 0 Å². The van der Waals surface area contributed by atoms with E-state index in [9.17, 15) is 9.59 Å². The Labute approximate surface area is 186 Å². The van der Waals surface area contributed by atoms with Crippen molar-refractivity contribution < 1.29 is 14.3 Å². The molecule has 0 radical (unpaired) electrons. The summed E-state index contributed by atoms with van der Waals surface area (Å²) >= 11 is 1.84. The highest BCUT2D eigenvalue weighted by molar-refractivity contribution is 7.99. The number of benzene rings is 2. The van der Waals surface area contributed by atoms with Gasteiger partial charge in [0.2, 0.25) is 5.91 Å². The molecule has 7 heteroatoms. The first kappa shape index (κ1) is 20.4. The summed E-state index contributed by atoms with van der Waals surface area (Å²) in [5.74, 6) is 1.81. The quantitative estimate of drug-likeness (QED) is 0.773. The van der Waals surface area contributed by atoms with Crippen molar-refractivity contribution in [2.45, 2.75) is 31.8 Å². The topological polar surface area (TPSA) is 61.9 Å². The van der Waals surface area contributed by atoms with E-state index in [0.29, 0.717) is 31.0 Å². The molecule has 162 valence electrons. The Morgan fingerprint density at radius 2 is 1.97 bits per heavy atom. The van der Waals surface area contributed by atoms with Gasteiger partial charge in [0.1, 0.15) is 11.3 Å². The smallest absolute Gasteiger partial charge is 0.253 e. The zero-order valence-corrected chi connectivity index (χ0v) is 18.7. The van der Waals surface area contributed by atoms with E-state index in [1.54, 1.807) is 0 Å². The molecule has 0 unspecified atom stereocenters. The largest absolute Gasteiger partial charge is 0.492 e. The highest BCUT2D eigenvalue weighted by Gasteiger charge is 2.67. The number of hydrogen-bond donors (Lipinski definition) is 1. The number of thioether (sulfide) groups is 1. The molecule has 2 aromatic rings. The van der Waals surface area contributed by atoms with Crippen LogP contribution in [0.4, 0.5) is 11.4 Å². The molecule has 0 saturated carbocycles. The van der Waals surface area contributed by atoms with Crippen molar-refractivity contribution >= 4 is 35.0 Å². The van der Waals surface area contributed by atoms with Crippen molar-refractivity contribution in [2.75, 3.05) is 35.0 Å². The summed E-state index contributed by atoms with van der Waals surface area (Å²) in [4.78, 5) is 31.8. The van der Waals surface area contributed by atoms with Gasteiger partial charge in [-0.3, -0.25) is 14.5 Å². The molecular weight excluding hydrogens is 410 g/mol. The molecule has 1 spiro atoms. The third-order valence-corrected chi connectivity index (χ3v) is 7.78. The molecule has 0 aliphatic carbocycles. The third kappa shape index (κ3) is 2.90. The lowest BCUT2D eigenvalue weighted by molar-refractivity contribution is -0.136. The number of hydrogen-bond acceptors (Lipinski definition) is 5. The maximum atomic E-state index is 14.0. The van der Waals surface area contributed by atoms with Crippen molar-refractivity contribution in [1.82, 2.24) is 4.90 Å². The van der Waals surface area contributed by atoms with E-state index in [2.05, 4.69) is 10.2 Å². The number of nitrogens with zero attached hydrogens (tertiary/aromatic N) is 2. The summed E-state index contributed by atoms with van der Waals surface area (Å²) in [7, 11) is 0. The zero-order chi connectivity index (χ0) is 21.6. The Morgan fingerprint density at radius 3 is 2.77 bits per heavy atom. The lowest BCUT2D eigenvalue weighted by Gasteiger charge is -2.36. The van der Waals surface area contributed by atoms with Crippen molar-refractivity contribution in [1.29, 1.82) is 0 Å². The Kier molecular flexibility index (Phi) is 5.18. The first-order valence-corrected chi connectivity index (χ1v) is 12.1. The molecule has 1 N–H and O–H groups in total. The van der Waals surface area contributed by atoms with E-state index in [4.69, 9.17) is 4.74 Å². The first-order valence-electron chi connectivity index (χ1n) is 10.9. The van der Waals surface area contributed by atoms with Crippen LogP contribution in [-0.4, -0.2) is 47.5 Å². The molecular formula is C24H27N3O3S. The number of ether oxygens (including phenoxy) is 1.